The number of H-pyrrole nitrogens is 1. The summed E-state index contributed by atoms with van der Waals surface area (Å²) < 4.78 is 5.16. The van der Waals surface area contributed by atoms with Crippen LogP contribution in [0.1, 0.15) is 46.0 Å². The molecular formula is C18H21N3O4. The van der Waals surface area contributed by atoms with Crippen molar-refractivity contribution in [3.05, 3.63) is 46.8 Å². The zero-order valence-corrected chi connectivity index (χ0v) is 14.4. The average molecular weight is 343 g/mol. The maximum Gasteiger partial charge on any atom is 0.272 e. The number of primary amides is 1. The monoisotopic (exact) mass is 343 g/mol. The number of nitrogens with two attached hydrogens (primary N) is 1. The molecule has 0 saturated carbocycles. The molecule has 0 atom stereocenters. The average Bonchev–Trinajstić information content (AvgIpc) is 2.90. The van der Waals surface area contributed by atoms with E-state index in [0.717, 1.165) is 0 Å². The second kappa shape index (κ2) is 7.65. The van der Waals surface area contributed by atoms with Gasteiger partial charge in [0.25, 0.3) is 11.8 Å². The lowest BCUT2D eigenvalue weighted by Gasteiger charge is -2.08. The third-order valence-corrected chi connectivity index (χ3v) is 3.72. The number of hydrogen-bond acceptors (Lipinski definition) is 4. The molecule has 132 valence electrons. The number of hydrogen-bond donors (Lipinski definition) is 3. The van der Waals surface area contributed by atoms with Gasteiger partial charge in [-0.25, -0.2) is 0 Å². The predicted octanol–water partition coefficient (Wildman–Crippen LogP) is 2.20. The first kappa shape index (κ1) is 18.3. The summed E-state index contributed by atoms with van der Waals surface area (Å²) >= 11 is 0. The van der Waals surface area contributed by atoms with Gasteiger partial charge in [-0.3, -0.25) is 14.4 Å². The summed E-state index contributed by atoms with van der Waals surface area (Å²) in [4.78, 5) is 38.0. The second-order valence-electron chi connectivity index (χ2n) is 5.62. The summed E-state index contributed by atoms with van der Waals surface area (Å²) in [5.41, 5.74) is 7.94. The molecule has 2 aromatic rings. The lowest BCUT2D eigenvalue weighted by atomic mass is 10.0. The van der Waals surface area contributed by atoms with Gasteiger partial charge in [-0.2, -0.15) is 0 Å². The van der Waals surface area contributed by atoms with Gasteiger partial charge >= 0.3 is 0 Å². The third-order valence-electron chi connectivity index (χ3n) is 3.72. The number of ether oxygens (including phenoxy) is 1. The highest BCUT2D eigenvalue weighted by molar-refractivity contribution is 6.07. The number of carbonyl (C=O) groups is 3. The Morgan fingerprint density at radius 1 is 1.20 bits per heavy atom. The molecule has 0 aliphatic heterocycles. The number of amides is 2. The SMILES string of the molecule is CCc1c(C(=O)Nc2ccc(OCC(N)=O)cc2)[nH]c(C)c1C(C)=O. The van der Waals surface area contributed by atoms with Crippen molar-refractivity contribution >= 4 is 23.3 Å². The first-order valence-corrected chi connectivity index (χ1v) is 7.88. The number of rotatable bonds is 7. The van der Waals surface area contributed by atoms with Crippen molar-refractivity contribution in [2.45, 2.75) is 27.2 Å². The van der Waals surface area contributed by atoms with Crippen LogP contribution in [0.4, 0.5) is 5.69 Å². The number of Topliss-reactive ketones (excluding diaryl/α,β-unsaturated/α-hetero) is 1. The van der Waals surface area contributed by atoms with Gasteiger partial charge in [0.05, 0.1) is 0 Å². The fourth-order valence-corrected chi connectivity index (χ4v) is 2.68. The zero-order valence-electron chi connectivity index (χ0n) is 14.4. The number of nitrogens with one attached hydrogen (secondary N) is 2. The van der Waals surface area contributed by atoms with Crippen LogP contribution in [-0.2, 0) is 11.2 Å². The van der Waals surface area contributed by atoms with Crippen molar-refractivity contribution in [3.8, 4) is 5.75 Å². The number of benzene rings is 1. The lowest BCUT2D eigenvalue weighted by molar-refractivity contribution is -0.119. The number of ketones is 1. The van der Waals surface area contributed by atoms with E-state index in [1.807, 2.05) is 6.92 Å². The van der Waals surface area contributed by atoms with Gasteiger partial charge < -0.3 is 20.8 Å². The Bertz CT molecular complexity index is 806. The molecule has 7 nitrogen and oxygen atoms in total. The van der Waals surface area contributed by atoms with Crippen LogP contribution < -0.4 is 15.8 Å². The van der Waals surface area contributed by atoms with Gasteiger partial charge in [0.1, 0.15) is 11.4 Å². The van der Waals surface area contributed by atoms with Crippen molar-refractivity contribution < 1.29 is 19.1 Å². The Morgan fingerprint density at radius 3 is 2.36 bits per heavy atom. The minimum Gasteiger partial charge on any atom is -0.484 e. The molecule has 0 aliphatic carbocycles. The van der Waals surface area contributed by atoms with Gasteiger partial charge in [-0.1, -0.05) is 6.92 Å². The summed E-state index contributed by atoms with van der Waals surface area (Å²) in [5.74, 6) is -0.479. The van der Waals surface area contributed by atoms with Crippen LogP contribution in [0.3, 0.4) is 0 Å². The van der Waals surface area contributed by atoms with E-state index >= 15 is 0 Å². The molecule has 1 aromatic carbocycles. The fraction of sp³-hybridized carbons (Fsp3) is 0.278. The van der Waals surface area contributed by atoms with Crippen LogP contribution in [0, 0.1) is 6.92 Å². The number of anilines is 1. The number of aromatic amines is 1. The number of aryl methyl sites for hydroxylation is 1. The van der Waals surface area contributed by atoms with E-state index in [1.165, 1.54) is 6.92 Å². The Balaban J connectivity index is 2.16. The summed E-state index contributed by atoms with van der Waals surface area (Å²) in [6, 6.07) is 6.56. The molecule has 0 saturated heterocycles. The van der Waals surface area contributed by atoms with Gasteiger partial charge in [-0.15, -0.1) is 0 Å². The first-order valence-electron chi connectivity index (χ1n) is 7.88. The summed E-state index contributed by atoms with van der Waals surface area (Å²) in [5, 5.41) is 2.78. The second-order valence-corrected chi connectivity index (χ2v) is 5.62. The minimum absolute atomic E-state index is 0.0689. The summed E-state index contributed by atoms with van der Waals surface area (Å²) in [7, 11) is 0. The van der Waals surface area contributed by atoms with Crippen LogP contribution >= 0.6 is 0 Å². The highest BCUT2D eigenvalue weighted by atomic mass is 16.5. The molecule has 2 rings (SSSR count). The Labute approximate surface area is 145 Å². The Hall–Kier alpha value is -3.09. The van der Waals surface area contributed by atoms with E-state index in [0.29, 0.717) is 40.4 Å². The maximum absolute atomic E-state index is 12.5. The van der Waals surface area contributed by atoms with E-state index in [9.17, 15) is 14.4 Å². The molecule has 4 N–H and O–H groups in total. The van der Waals surface area contributed by atoms with Crippen molar-refractivity contribution in [1.29, 1.82) is 0 Å². The molecular weight excluding hydrogens is 322 g/mol. The van der Waals surface area contributed by atoms with Crippen molar-refractivity contribution in [2.24, 2.45) is 5.73 Å². The van der Waals surface area contributed by atoms with Crippen molar-refractivity contribution in [2.75, 3.05) is 11.9 Å². The van der Waals surface area contributed by atoms with Crippen LogP contribution in [-0.4, -0.2) is 29.2 Å². The largest absolute Gasteiger partial charge is 0.484 e. The zero-order chi connectivity index (χ0) is 18.6. The van der Waals surface area contributed by atoms with E-state index in [-0.39, 0.29) is 18.3 Å². The summed E-state index contributed by atoms with van der Waals surface area (Å²) in [6.07, 6.45) is 0.571. The molecule has 1 heterocycles. The van der Waals surface area contributed by atoms with Gasteiger partial charge in [-0.05, 0) is 50.1 Å². The highest BCUT2D eigenvalue weighted by Crippen LogP contribution is 2.22. The molecule has 7 heteroatoms. The lowest BCUT2D eigenvalue weighted by Crippen LogP contribution is -2.20. The smallest absolute Gasteiger partial charge is 0.272 e. The quantitative estimate of drug-likeness (QED) is 0.669. The molecule has 0 radical (unpaired) electrons. The molecule has 0 spiro atoms. The molecule has 2 amide bonds. The third kappa shape index (κ3) is 4.26. The van der Waals surface area contributed by atoms with E-state index < -0.39 is 5.91 Å². The molecule has 25 heavy (non-hydrogen) atoms. The van der Waals surface area contributed by atoms with Gasteiger partial charge in [0.15, 0.2) is 12.4 Å². The first-order chi connectivity index (χ1) is 11.8. The Morgan fingerprint density at radius 2 is 1.84 bits per heavy atom. The Kier molecular flexibility index (Phi) is 5.59. The standard InChI is InChI=1S/C18H21N3O4/c1-4-14-16(11(3)22)10(2)20-17(14)18(24)21-12-5-7-13(8-6-12)25-9-15(19)23/h5-8,20H,4,9H2,1-3H3,(H2,19,23)(H,21,24). The van der Waals surface area contributed by atoms with Crippen LogP contribution in [0.2, 0.25) is 0 Å². The predicted molar refractivity (Wildman–Crippen MR) is 94.0 cm³/mol. The van der Waals surface area contributed by atoms with Crippen LogP contribution in [0.15, 0.2) is 24.3 Å². The molecule has 0 bridgehead atoms. The minimum atomic E-state index is -0.562. The topological polar surface area (TPSA) is 114 Å². The maximum atomic E-state index is 12.5. The van der Waals surface area contributed by atoms with Gasteiger partial charge in [0.2, 0.25) is 0 Å². The molecule has 0 aliphatic rings. The van der Waals surface area contributed by atoms with Crippen LogP contribution in [0.5, 0.6) is 5.75 Å². The molecule has 0 unspecified atom stereocenters. The normalized spacial score (nSPS) is 10.4. The fourth-order valence-electron chi connectivity index (χ4n) is 2.68. The van der Waals surface area contributed by atoms with E-state index in [1.54, 1.807) is 31.2 Å². The molecule has 0 fully saturated rings. The van der Waals surface area contributed by atoms with Crippen molar-refractivity contribution in [3.63, 3.8) is 0 Å². The number of carbonyl (C=O) groups excluding carboxylic acids is 3. The van der Waals surface area contributed by atoms with Crippen molar-refractivity contribution in [1.82, 2.24) is 4.98 Å². The molecule has 1 aromatic heterocycles. The van der Waals surface area contributed by atoms with E-state index in [4.69, 9.17) is 10.5 Å². The number of aromatic nitrogens is 1. The highest BCUT2D eigenvalue weighted by Gasteiger charge is 2.21. The van der Waals surface area contributed by atoms with Crippen LogP contribution in [0.25, 0.3) is 0 Å². The van der Waals surface area contributed by atoms with E-state index in [2.05, 4.69) is 10.3 Å². The summed E-state index contributed by atoms with van der Waals surface area (Å²) in [6.45, 7) is 4.96. The van der Waals surface area contributed by atoms with Gasteiger partial charge in [0, 0.05) is 16.9 Å².